The van der Waals surface area contributed by atoms with E-state index in [2.05, 4.69) is 6.92 Å². The fourth-order valence-corrected chi connectivity index (χ4v) is 2.90. The quantitative estimate of drug-likeness (QED) is 0.155. The van der Waals surface area contributed by atoms with E-state index in [4.69, 9.17) is 9.84 Å². The molecular weight excluding hydrogens is 328 g/mol. The normalized spacial score (nSPS) is 11.1. The molecule has 0 bridgehead atoms. The minimum absolute atomic E-state index is 0.127. The van der Waals surface area contributed by atoms with E-state index in [0.29, 0.717) is 6.42 Å². The summed E-state index contributed by atoms with van der Waals surface area (Å²) in [5, 5.41) is 8.54. The van der Waals surface area contributed by atoms with Gasteiger partial charge in [0.2, 0.25) is 0 Å². The molecular formula is C22H40O4. The van der Waals surface area contributed by atoms with Crippen LogP contribution in [0, 0.1) is 0 Å². The lowest BCUT2D eigenvalue weighted by Gasteiger charge is -2.02. The summed E-state index contributed by atoms with van der Waals surface area (Å²) < 4.78 is 5.11. The first kappa shape index (κ1) is 24.7. The number of rotatable bonds is 19. The molecule has 0 unspecified atom stereocenters. The van der Waals surface area contributed by atoms with Gasteiger partial charge >= 0.3 is 11.9 Å². The second-order valence-electron chi connectivity index (χ2n) is 7.14. The van der Waals surface area contributed by atoms with Crippen molar-refractivity contribution in [1.29, 1.82) is 0 Å². The van der Waals surface area contributed by atoms with Gasteiger partial charge < -0.3 is 9.84 Å². The highest BCUT2D eigenvalue weighted by Crippen LogP contribution is 2.11. The van der Waals surface area contributed by atoms with E-state index in [1.165, 1.54) is 44.9 Å². The van der Waals surface area contributed by atoms with Crippen LogP contribution in [0.15, 0.2) is 12.3 Å². The number of aliphatic carboxylic acids is 1. The number of esters is 1. The Kier molecular flexibility index (Phi) is 19.0. The summed E-state index contributed by atoms with van der Waals surface area (Å²) in [7, 11) is 0. The maximum absolute atomic E-state index is 11.6. The molecule has 0 rings (SSSR count). The minimum Gasteiger partial charge on any atom is -0.481 e. The number of carbonyl (C=O) groups excluding carboxylic acids is 1. The highest BCUT2D eigenvalue weighted by molar-refractivity contribution is 5.69. The van der Waals surface area contributed by atoms with Crippen molar-refractivity contribution in [2.24, 2.45) is 0 Å². The monoisotopic (exact) mass is 368 g/mol. The predicted molar refractivity (Wildman–Crippen MR) is 107 cm³/mol. The molecule has 4 nitrogen and oxygen atoms in total. The van der Waals surface area contributed by atoms with Crippen molar-refractivity contribution < 1.29 is 19.4 Å². The van der Waals surface area contributed by atoms with Gasteiger partial charge in [0.1, 0.15) is 0 Å². The molecule has 0 amide bonds. The van der Waals surface area contributed by atoms with Crippen LogP contribution in [-0.4, -0.2) is 17.0 Å². The summed E-state index contributed by atoms with van der Waals surface area (Å²) in [4.78, 5) is 22.0. The first-order valence-electron chi connectivity index (χ1n) is 10.7. The molecule has 4 heteroatoms. The Balaban J connectivity index is 3.26. The highest BCUT2D eigenvalue weighted by atomic mass is 16.5. The van der Waals surface area contributed by atoms with E-state index in [1.807, 2.05) is 6.08 Å². The Bertz CT molecular complexity index is 363. The molecule has 0 aliphatic carbocycles. The van der Waals surface area contributed by atoms with Crippen molar-refractivity contribution in [1.82, 2.24) is 0 Å². The third-order valence-corrected chi connectivity index (χ3v) is 4.54. The molecule has 1 N–H and O–H groups in total. The van der Waals surface area contributed by atoms with Crippen LogP contribution in [-0.2, 0) is 14.3 Å². The molecule has 0 heterocycles. The fraction of sp³-hybridized carbons (Fsp3) is 0.818. The van der Waals surface area contributed by atoms with Crippen molar-refractivity contribution in [3.63, 3.8) is 0 Å². The van der Waals surface area contributed by atoms with Crippen LogP contribution in [0.25, 0.3) is 0 Å². The standard InChI is InChI=1S/C22H40O4/c1-2-3-4-5-6-11-14-17-20-26-22(25)19-16-13-10-8-7-9-12-15-18-21(23)24/h17,20H,2-16,18-19H2,1H3,(H,23,24). The van der Waals surface area contributed by atoms with Gasteiger partial charge in [-0.3, -0.25) is 9.59 Å². The topological polar surface area (TPSA) is 63.6 Å². The van der Waals surface area contributed by atoms with Crippen molar-refractivity contribution in [2.45, 2.75) is 116 Å². The van der Waals surface area contributed by atoms with Crippen LogP contribution in [0.1, 0.15) is 116 Å². The van der Waals surface area contributed by atoms with Gasteiger partial charge in [-0.25, -0.2) is 0 Å². The Hall–Kier alpha value is -1.32. The number of carboxylic acid groups (broad SMARTS) is 1. The zero-order valence-electron chi connectivity index (χ0n) is 16.8. The summed E-state index contributed by atoms with van der Waals surface area (Å²) in [6.07, 6.45) is 21.3. The Morgan fingerprint density at radius 2 is 1.23 bits per heavy atom. The molecule has 0 aliphatic heterocycles. The summed E-state index contributed by atoms with van der Waals surface area (Å²) in [6.45, 7) is 2.23. The lowest BCUT2D eigenvalue weighted by atomic mass is 10.1. The molecule has 0 saturated carbocycles. The van der Waals surface area contributed by atoms with Gasteiger partial charge in [-0.1, -0.05) is 77.6 Å². The van der Waals surface area contributed by atoms with Crippen LogP contribution < -0.4 is 0 Å². The van der Waals surface area contributed by atoms with Gasteiger partial charge in [0.25, 0.3) is 0 Å². The molecule has 0 spiro atoms. The predicted octanol–water partition coefficient (Wildman–Crippen LogP) is 6.78. The van der Waals surface area contributed by atoms with Gasteiger partial charge in [0, 0.05) is 12.8 Å². The van der Waals surface area contributed by atoms with Crippen LogP contribution in [0.3, 0.4) is 0 Å². The molecule has 26 heavy (non-hydrogen) atoms. The van der Waals surface area contributed by atoms with Crippen LogP contribution in [0.2, 0.25) is 0 Å². The average molecular weight is 369 g/mol. The number of allylic oxidation sites excluding steroid dienone is 1. The van der Waals surface area contributed by atoms with Gasteiger partial charge in [-0.05, 0) is 31.8 Å². The number of unbranched alkanes of at least 4 members (excludes halogenated alkanes) is 13. The third kappa shape index (κ3) is 20.7. The SMILES string of the molecule is CCCCCCCCC=COC(=O)CCCCCCCCCCC(=O)O. The second kappa shape index (κ2) is 20.0. The molecule has 0 atom stereocenters. The van der Waals surface area contributed by atoms with E-state index < -0.39 is 5.97 Å². The molecule has 0 aromatic carbocycles. The van der Waals surface area contributed by atoms with Gasteiger partial charge in [-0.15, -0.1) is 0 Å². The largest absolute Gasteiger partial charge is 0.481 e. The fourth-order valence-electron chi connectivity index (χ4n) is 2.90. The number of carbonyl (C=O) groups is 2. The molecule has 0 aromatic rings. The Morgan fingerprint density at radius 3 is 1.81 bits per heavy atom. The zero-order valence-corrected chi connectivity index (χ0v) is 16.8. The number of hydrogen-bond acceptors (Lipinski definition) is 3. The average Bonchev–Trinajstić information content (AvgIpc) is 2.61. The minimum atomic E-state index is -0.700. The molecule has 0 aromatic heterocycles. The lowest BCUT2D eigenvalue weighted by Crippen LogP contribution is -1.98. The molecule has 0 radical (unpaired) electrons. The number of hydrogen-bond donors (Lipinski definition) is 1. The molecule has 0 fully saturated rings. The third-order valence-electron chi connectivity index (χ3n) is 4.54. The second-order valence-corrected chi connectivity index (χ2v) is 7.14. The summed E-state index contributed by atoms with van der Waals surface area (Å²) >= 11 is 0. The first-order chi connectivity index (χ1) is 12.7. The summed E-state index contributed by atoms with van der Waals surface area (Å²) in [6, 6.07) is 0. The Morgan fingerprint density at radius 1 is 0.731 bits per heavy atom. The highest BCUT2D eigenvalue weighted by Gasteiger charge is 2.01. The van der Waals surface area contributed by atoms with Crippen LogP contribution in [0.5, 0.6) is 0 Å². The van der Waals surface area contributed by atoms with Gasteiger partial charge in [0.15, 0.2) is 0 Å². The molecule has 152 valence electrons. The number of carboxylic acids is 1. The summed E-state index contributed by atoms with van der Waals surface area (Å²) in [5.41, 5.74) is 0. The maximum Gasteiger partial charge on any atom is 0.310 e. The van der Waals surface area contributed by atoms with Crippen molar-refractivity contribution in [2.75, 3.05) is 0 Å². The van der Waals surface area contributed by atoms with Crippen molar-refractivity contribution in [3.05, 3.63) is 12.3 Å². The Labute approximate surface area is 160 Å². The number of ether oxygens (including phenoxy) is 1. The molecule has 0 aliphatic rings. The van der Waals surface area contributed by atoms with E-state index in [0.717, 1.165) is 51.4 Å². The van der Waals surface area contributed by atoms with Crippen LogP contribution >= 0.6 is 0 Å². The smallest absolute Gasteiger partial charge is 0.310 e. The van der Waals surface area contributed by atoms with E-state index in [9.17, 15) is 9.59 Å². The zero-order chi connectivity index (χ0) is 19.3. The van der Waals surface area contributed by atoms with E-state index in [1.54, 1.807) is 6.26 Å². The van der Waals surface area contributed by atoms with Gasteiger partial charge in [-0.2, -0.15) is 0 Å². The van der Waals surface area contributed by atoms with E-state index >= 15 is 0 Å². The van der Waals surface area contributed by atoms with Crippen molar-refractivity contribution in [3.8, 4) is 0 Å². The van der Waals surface area contributed by atoms with E-state index in [-0.39, 0.29) is 12.4 Å². The van der Waals surface area contributed by atoms with Gasteiger partial charge in [0.05, 0.1) is 6.26 Å². The molecule has 0 saturated heterocycles. The first-order valence-corrected chi connectivity index (χ1v) is 10.7. The van der Waals surface area contributed by atoms with Crippen molar-refractivity contribution >= 4 is 11.9 Å². The lowest BCUT2D eigenvalue weighted by molar-refractivity contribution is -0.138. The summed E-state index contributed by atoms with van der Waals surface area (Å²) in [5.74, 6) is -0.827. The maximum atomic E-state index is 11.6. The van der Waals surface area contributed by atoms with Crippen LogP contribution in [0.4, 0.5) is 0 Å².